The number of rotatable bonds is 5. The summed E-state index contributed by atoms with van der Waals surface area (Å²) in [6.07, 6.45) is 0.640. The van der Waals surface area contributed by atoms with Gasteiger partial charge in [0, 0.05) is 32.3 Å². The summed E-state index contributed by atoms with van der Waals surface area (Å²) in [5.74, 6) is 0. The van der Waals surface area contributed by atoms with Crippen molar-refractivity contribution in [3.63, 3.8) is 0 Å². The Hall–Kier alpha value is -1.65. The monoisotopic (exact) mass is 259 g/mol. The van der Waals surface area contributed by atoms with Gasteiger partial charge in [-0.05, 0) is 18.6 Å². The van der Waals surface area contributed by atoms with Crippen LogP contribution in [0, 0.1) is 6.92 Å². The van der Waals surface area contributed by atoms with Gasteiger partial charge in [-0.1, -0.05) is 30.3 Å². The van der Waals surface area contributed by atoms with Crippen molar-refractivity contribution in [3.8, 4) is 0 Å². The number of nitrogens with zero attached hydrogens (tertiary/aromatic N) is 2. The van der Waals surface area contributed by atoms with Gasteiger partial charge in [-0.25, -0.2) is 0 Å². The number of benzene rings is 1. The van der Waals surface area contributed by atoms with E-state index in [0.29, 0.717) is 0 Å². The molecule has 1 aromatic carbocycles. The molecule has 2 aromatic rings. The number of aromatic nitrogens is 2. The fourth-order valence-corrected chi connectivity index (χ4v) is 2.40. The number of methoxy groups -OCH3 is 1. The van der Waals surface area contributed by atoms with Crippen LogP contribution < -0.4 is 5.73 Å². The minimum atomic E-state index is -0.101. The van der Waals surface area contributed by atoms with Gasteiger partial charge >= 0.3 is 0 Å². The van der Waals surface area contributed by atoms with Crippen LogP contribution in [0.25, 0.3) is 0 Å². The molecular formula is C15H21N3O. The van der Waals surface area contributed by atoms with Crippen molar-refractivity contribution in [2.45, 2.75) is 25.5 Å². The summed E-state index contributed by atoms with van der Waals surface area (Å²) in [6.45, 7) is 1.99. The molecule has 0 saturated carbocycles. The second kappa shape index (κ2) is 5.99. The summed E-state index contributed by atoms with van der Waals surface area (Å²) < 4.78 is 7.44. The average molecular weight is 259 g/mol. The van der Waals surface area contributed by atoms with E-state index in [1.54, 1.807) is 7.11 Å². The molecule has 2 N–H and O–H groups in total. The zero-order chi connectivity index (χ0) is 13.8. The van der Waals surface area contributed by atoms with E-state index >= 15 is 0 Å². The second-order valence-electron chi connectivity index (χ2n) is 4.84. The number of hydrogen-bond donors (Lipinski definition) is 1. The van der Waals surface area contributed by atoms with Gasteiger partial charge in [0.15, 0.2) is 0 Å². The van der Waals surface area contributed by atoms with Crippen molar-refractivity contribution >= 4 is 0 Å². The van der Waals surface area contributed by atoms with Gasteiger partial charge in [0.1, 0.15) is 0 Å². The summed E-state index contributed by atoms with van der Waals surface area (Å²) in [7, 11) is 3.64. The van der Waals surface area contributed by atoms with Gasteiger partial charge in [-0.3, -0.25) is 4.68 Å². The Morgan fingerprint density at radius 1 is 1.32 bits per heavy atom. The molecule has 0 fully saturated rings. The van der Waals surface area contributed by atoms with Crippen LogP contribution in [0.15, 0.2) is 36.4 Å². The minimum Gasteiger partial charge on any atom is -0.375 e. The first kappa shape index (κ1) is 13.8. The molecule has 0 saturated heterocycles. The molecule has 2 atom stereocenters. The van der Waals surface area contributed by atoms with Gasteiger partial charge in [0.25, 0.3) is 0 Å². The quantitative estimate of drug-likeness (QED) is 0.893. The van der Waals surface area contributed by atoms with Crippen molar-refractivity contribution in [3.05, 3.63) is 53.3 Å². The number of aryl methyl sites for hydroxylation is 2. The Morgan fingerprint density at radius 2 is 2.00 bits per heavy atom. The maximum absolute atomic E-state index is 6.30. The van der Waals surface area contributed by atoms with Gasteiger partial charge in [-0.2, -0.15) is 5.10 Å². The van der Waals surface area contributed by atoms with Crippen LogP contribution in [0.1, 0.15) is 23.1 Å². The highest BCUT2D eigenvalue weighted by Gasteiger charge is 2.20. The number of nitrogens with two attached hydrogens (primary N) is 1. The number of ether oxygens (including phenoxy) is 1. The largest absolute Gasteiger partial charge is 0.375 e. The minimum absolute atomic E-state index is 0.0952. The zero-order valence-corrected chi connectivity index (χ0v) is 11.7. The van der Waals surface area contributed by atoms with Gasteiger partial charge in [0.05, 0.1) is 11.8 Å². The van der Waals surface area contributed by atoms with E-state index in [1.807, 2.05) is 49.0 Å². The molecule has 102 valence electrons. The molecule has 2 rings (SSSR count). The highest BCUT2D eigenvalue weighted by Crippen LogP contribution is 2.21. The smallest absolute Gasteiger partial charge is 0.0975 e. The Kier molecular flexibility index (Phi) is 4.35. The van der Waals surface area contributed by atoms with E-state index in [9.17, 15) is 0 Å². The molecular weight excluding hydrogens is 238 g/mol. The first-order valence-electron chi connectivity index (χ1n) is 6.44. The maximum Gasteiger partial charge on any atom is 0.0975 e. The maximum atomic E-state index is 6.30. The summed E-state index contributed by atoms with van der Waals surface area (Å²) in [5, 5.41) is 4.34. The van der Waals surface area contributed by atoms with Gasteiger partial charge < -0.3 is 10.5 Å². The number of hydrogen-bond acceptors (Lipinski definition) is 3. The highest BCUT2D eigenvalue weighted by atomic mass is 16.5. The third-order valence-electron chi connectivity index (χ3n) is 3.31. The van der Waals surface area contributed by atoms with Crippen LogP contribution in [0.4, 0.5) is 0 Å². The molecule has 0 radical (unpaired) electrons. The van der Waals surface area contributed by atoms with Crippen LogP contribution in [0.3, 0.4) is 0 Å². The van der Waals surface area contributed by atoms with E-state index < -0.39 is 0 Å². The van der Waals surface area contributed by atoms with E-state index in [0.717, 1.165) is 23.4 Å². The molecule has 0 bridgehead atoms. The van der Waals surface area contributed by atoms with Crippen molar-refractivity contribution in [1.29, 1.82) is 0 Å². The van der Waals surface area contributed by atoms with E-state index in [4.69, 9.17) is 10.5 Å². The second-order valence-corrected chi connectivity index (χ2v) is 4.84. The van der Waals surface area contributed by atoms with Gasteiger partial charge in [-0.15, -0.1) is 0 Å². The Balaban J connectivity index is 2.13. The lowest BCUT2D eigenvalue weighted by atomic mass is 9.99. The zero-order valence-electron chi connectivity index (χ0n) is 11.7. The normalized spacial score (nSPS) is 14.3. The van der Waals surface area contributed by atoms with Crippen LogP contribution in [0.5, 0.6) is 0 Å². The van der Waals surface area contributed by atoms with Crippen LogP contribution >= 0.6 is 0 Å². The van der Waals surface area contributed by atoms with E-state index in [-0.39, 0.29) is 12.1 Å². The predicted octanol–water partition coefficient (Wildman–Crippen LogP) is 1.99. The molecule has 4 nitrogen and oxygen atoms in total. The standard InChI is InChI=1S/C15H21N3O/c1-11-9-13(18(2)17-11)10-14(16)15(19-3)12-7-5-4-6-8-12/h4-9,14-15H,10,16H2,1-3H3. The van der Waals surface area contributed by atoms with Crippen LogP contribution in [-0.4, -0.2) is 22.9 Å². The Bertz CT molecular complexity index is 521. The average Bonchev–Trinajstić information content (AvgIpc) is 2.70. The molecule has 2 unspecified atom stereocenters. The predicted molar refractivity (Wildman–Crippen MR) is 75.8 cm³/mol. The van der Waals surface area contributed by atoms with E-state index in [2.05, 4.69) is 11.2 Å². The molecule has 0 spiro atoms. The summed E-state index contributed by atoms with van der Waals surface area (Å²) in [6, 6.07) is 12.1. The van der Waals surface area contributed by atoms with Crippen molar-refractivity contribution in [2.75, 3.05) is 7.11 Å². The fourth-order valence-electron chi connectivity index (χ4n) is 2.40. The molecule has 4 heteroatoms. The third-order valence-corrected chi connectivity index (χ3v) is 3.31. The van der Waals surface area contributed by atoms with Crippen molar-refractivity contribution < 1.29 is 4.74 Å². The lowest BCUT2D eigenvalue weighted by molar-refractivity contribution is 0.0797. The van der Waals surface area contributed by atoms with Crippen molar-refractivity contribution in [2.24, 2.45) is 12.8 Å². The topological polar surface area (TPSA) is 53.1 Å². The van der Waals surface area contributed by atoms with E-state index in [1.165, 1.54) is 0 Å². The lowest BCUT2D eigenvalue weighted by Crippen LogP contribution is -2.32. The first-order chi connectivity index (χ1) is 9.11. The SMILES string of the molecule is COC(c1ccccc1)C(N)Cc1cc(C)nn1C. The molecule has 19 heavy (non-hydrogen) atoms. The van der Waals surface area contributed by atoms with Crippen molar-refractivity contribution in [1.82, 2.24) is 9.78 Å². The molecule has 0 aliphatic carbocycles. The fraction of sp³-hybridized carbons (Fsp3) is 0.400. The molecule has 0 aliphatic heterocycles. The highest BCUT2D eigenvalue weighted by molar-refractivity contribution is 5.20. The molecule has 1 heterocycles. The van der Waals surface area contributed by atoms with Crippen LogP contribution in [-0.2, 0) is 18.2 Å². The first-order valence-corrected chi connectivity index (χ1v) is 6.44. The van der Waals surface area contributed by atoms with Crippen LogP contribution in [0.2, 0.25) is 0 Å². The Labute approximate surface area is 114 Å². The molecule has 0 amide bonds. The molecule has 0 aliphatic rings. The molecule has 1 aromatic heterocycles. The lowest BCUT2D eigenvalue weighted by Gasteiger charge is -2.23. The summed E-state index contributed by atoms with van der Waals surface area (Å²) in [5.41, 5.74) is 9.55. The summed E-state index contributed by atoms with van der Waals surface area (Å²) in [4.78, 5) is 0. The van der Waals surface area contributed by atoms with Gasteiger partial charge in [0.2, 0.25) is 0 Å². The Morgan fingerprint density at radius 3 is 2.53 bits per heavy atom. The third kappa shape index (κ3) is 3.22. The summed E-state index contributed by atoms with van der Waals surface area (Å²) >= 11 is 0.